The number of hydrogen-bond donors (Lipinski definition) is 4. The molecule has 0 amide bonds. The van der Waals surface area contributed by atoms with Crippen molar-refractivity contribution in [3.05, 3.63) is 0 Å². The second kappa shape index (κ2) is 21.8. The number of nitrogens with two attached hydrogens (primary N) is 2. The summed E-state index contributed by atoms with van der Waals surface area (Å²) in [6.45, 7) is 9.42. The first-order valence-electron chi connectivity index (χ1n) is 11.8. The number of rotatable bonds is 19. The van der Waals surface area contributed by atoms with Gasteiger partial charge < -0.3 is 21.7 Å². The maximum absolute atomic E-state index is 10.3. The molecule has 0 radical (unpaired) electrons. The number of carbonyl (C=O) groups is 2. The largest absolute Gasteiger partial charge is 0.480 e. The fourth-order valence-corrected chi connectivity index (χ4v) is 10.5. The molecule has 0 aromatic heterocycles. The van der Waals surface area contributed by atoms with Gasteiger partial charge in [0, 0.05) is 18.8 Å². The van der Waals surface area contributed by atoms with Crippen molar-refractivity contribution in [3.63, 3.8) is 0 Å². The van der Waals surface area contributed by atoms with Crippen LogP contribution in [0.4, 0.5) is 0 Å². The molecule has 6 N–H and O–H groups in total. The van der Waals surface area contributed by atoms with Crippen LogP contribution in [0.5, 0.6) is 0 Å². The van der Waals surface area contributed by atoms with Crippen LogP contribution in [0.25, 0.3) is 0 Å². The number of aliphatic carboxylic acids is 2. The lowest BCUT2D eigenvalue weighted by Gasteiger charge is -2.28. The van der Waals surface area contributed by atoms with Crippen molar-refractivity contribution in [1.82, 2.24) is 0 Å². The predicted molar refractivity (Wildman–Crippen MR) is 142 cm³/mol. The number of hydrogen-bond acceptors (Lipinski definition) is 6. The Morgan fingerprint density at radius 2 is 0.935 bits per heavy atom. The first-order valence-corrected chi connectivity index (χ1v) is 16.8. The molecule has 31 heavy (non-hydrogen) atoms. The van der Waals surface area contributed by atoms with Gasteiger partial charge in [-0.25, -0.2) is 0 Å². The molecule has 0 aliphatic carbocycles. The predicted octanol–water partition coefficient (Wildman–Crippen LogP) is 5.40. The third-order valence-corrected chi connectivity index (χ3v) is 12.7. The number of carboxylic acid groups (broad SMARTS) is 2. The Bertz CT molecular complexity index is 400. The van der Waals surface area contributed by atoms with Crippen LogP contribution in [0.15, 0.2) is 0 Å². The van der Waals surface area contributed by atoms with Crippen LogP contribution >= 0.6 is 28.9 Å². The van der Waals surface area contributed by atoms with E-state index in [1.54, 1.807) is 24.6 Å². The molecule has 0 heterocycles. The van der Waals surface area contributed by atoms with E-state index in [-0.39, 0.29) is 11.5 Å². The highest BCUT2D eigenvalue weighted by atomic mass is 33.1. The van der Waals surface area contributed by atoms with Crippen LogP contribution in [0.3, 0.4) is 0 Å². The summed E-state index contributed by atoms with van der Waals surface area (Å²) in [7, 11) is 1.84. The van der Waals surface area contributed by atoms with Gasteiger partial charge in [0.1, 0.15) is 12.1 Å². The minimum atomic E-state index is -1.07. The van der Waals surface area contributed by atoms with E-state index in [4.69, 9.17) is 21.7 Å². The van der Waals surface area contributed by atoms with Gasteiger partial charge in [-0.2, -0.15) is 0 Å². The van der Waals surface area contributed by atoms with Crippen molar-refractivity contribution >= 4 is 40.8 Å². The fourth-order valence-electron chi connectivity index (χ4n) is 3.03. The second-order valence-corrected chi connectivity index (χ2v) is 15.1. The maximum Gasteiger partial charge on any atom is 0.321 e. The molecule has 2 atom stereocenters. The third kappa shape index (κ3) is 19.2. The van der Waals surface area contributed by atoms with Crippen LogP contribution in [0.2, 0.25) is 0 Å². The minimum Gasteiger partial charge on any atom is -0.480 e. The molecular formula is C22H48N2O4PS2+. The molecule has 186 valence electrons. The molecule has 9 heteroatoms. The molecule has 0 spiro atoms. The van der Waals surface area contributed by atoms with Crippen molar-refractivity contribution in [1.29, 1.82) is 0 Å². The van der Waals surface area contributed by atoms with Crippen molar-refractivity contribution < 1.29 is 19.8 Å². The molecule has 0 aromatic rings. The Kier molecular flexibility index (Phi) is 23.3. The van der Waals surface area contributed by atoms with Gasteiger partial charge in [-0.1, -0.05) is 75.0 Å². The lowest BCUT2D eigenvalue weighted by Crippen LogP contribution is -2.33. The molecule has 0 saturated carbocycles. The number of unbranched alkanes of at least 4 members (excludes halogenated alkanes) is 4. The molecule has 1 unspecified atom stereocenters. The van der Waals surface area contributed by atoms with Crippen LogP contribution in [0.1, 0.15) is 79.1 Å². The first-order chi connectivity index (χ1) is 14.7. The molecular weight excluding hydrogens is 451 g/mol. The van der Waals surface area contributed by atoms with E-state index < -0.39 is 31.3 Å². The van der Waals surface area contributed by atoms with Crippen molar-refractivity contribution in [2.24, 2.45) is 11.5 Å². The highest BCUT2D eigenvalue weighted by molar-refractivity contribution is 8.76. The van der Waals surface area contributed by atoms with Gasteiger partial charge in [0.25, 0.3) is 0 Å². The van der Waals surface area contributed by atoms with Gasteiger partial charge in [0.2, 0.25) is 0 Å². The van der Waals surface area contributed by atoms with Crippen LogP contribution in [-0.4, -0.2) is 70.4 Å². The standard InChI is InChI=1S/C16H36P.C6H12N2O4S2/c1-5-9-13-17(14-10-6-2,15-11-7-3)16-12-8-4;7-3(5(9)10)1-13-14-2-4(8)6(11)12/h5-16H2,1-4H3;3-4H,1-2,7-8H2,(H,9,10)(H,11,12)/q+1;/t;3-,4?/m.0/s1. The van der Waals surface area contributed by atoms with Gasteiger partial charge in [-0.05, 0) is 25.7 Å². The van der Waals surface area contributed by atoms with E-state index in [1.165, 1.54) is 73.0 Å². The Morgan fingerprint density at radius 1 is 0.677 bits per heavy atom. The molecule has 0 rings (SSSR count). The minimum absolute atomic E-state index is 0.229. The average molecular weight is 500 g/mol. The molecule has 0 fully saturated rings. The van der Waals surface area contributed by atoms with Crippen LogP contribution in [-0.2, 0) is 9.59 Å². The van der Waals surface area contributed by atoms with Gasteiger partial charge in [-0.15, -0.1) is 0 Å². The Balaban J connectivity index is 0. The monoisotopic (exact) mass is 499 g/mol. The smallest absolute Gasteiger partial charge is 0.321 e. The van der Waals surface area contributed by atoms with E-state index in [0.717, 1.165) is 0 Å². The highest BCUT2D eigenvalue weighted by Crippen LogP contribution is 2.61. The lowest BCUT2D eigenvalue weighted by atomic mass is 10.4. The summed E-state index contributed by atoms with van der Waals surface area (Å²) in [5, 5.41) is 16.8. The quantitative estimate of drug-likeness (QED) is 0.106. The Hall–Kier alpha value is -0.0100. The van der Waals surface area contributed by atoms with E-state index in [0.29, 0.717) is 0 Å². The summed E-state index contributed by atoms with van der Waals surface area (Å²) in [5.41, 5.74) is 10.4. The zero-order valence-electron chi connectivity index (χ0n) is 20.2. The van der Waals surface area contributed by atoms with Crippen LogP contribution in [0, 0.1) is 0 Å². The average Bonchev–Trinajstić information content (AvgIpc) is 2.75. The van der Waals surface area contributed by atoms with Gasteiger partial charge in [0.05, 0.1) is 24.6 Å². The normalized spacial score (nSPS) is 13.2. The van der Waals surface area contributed by atoms with Gasteiger partial charge in [0.15, 0.2) is 0 Å². The van der Waals surface area contributed by atoms with Crippen molar-refractivity contribution in [3.8, 4) is 0 Å². The van der Waals surface area contributed by atoms with Crippen molar-refractivity contribution in [2.45, 2.75) is 91.1 Å². The fraction of sp³-hybridized carbons (Fsp3) is 0.909. The molecule has 0 aromatic carbocycles. The highest BCUT2D eigenvalue weighted by Gasteiger charge is 2.34. The third-order valence-electron chi connectivity index (χ3n) is 5.16. The molecule has 6 nitrogen and oxygen atoms in total. The van der Waals surface area contributed by atoms with E-state index in [1.807, 2.05) is 0 Å². The topological polar surface area (TPSA) is 127 Å². The van der Waals surface area contributed by atoms with Crippen LogP contribution < -0.4 is 11.5 Å². The lowest BCUT2D eigenvalue weighted by molar-refractivity contribution is -0.138. The van der Waals surface area contributed by atoms with Crippen molar-refractivity contribution in [2.75, 3.05) is 36.2 Å². The SMILES string of the molecule is CCCC[P+](CCCC)(CCCC)CCCC.NC(CSSC[C@H](N)C(=O)O)C(=O)O. The second-order valence-electron chi connectivity index (χ2n) is 8.11. The summed E-state index contributed by atoms with van der Waals surface area (Å²) in [6.07, 6.45) is 17.9. The molecule has 0 bridgehead atoms. The van der Waals surface area contributed by atoms with E-state index >= 15 is 0 Å². The number of carboxylic acids is 2. The zero-order chi connectivity index (χ0) is 24.1. The summed E-state index contributed by atoms with van der Waals surface area (Å²) in [4.78, 5) is 20.5. The molecule has 0 aliphatic heterocycles. The maximum atomic E-state index is 10.3. The van der Waals surface area contributed by atoms with E-state index in [9.17, 15) is 9.59 Å². The summed E-state index contributed by atoms with van der Waals surface area (Å²) < 4.78 is 0. The molecule has 0 saturated heterocycles. The Morgan fingerprint density at radius 3 is 1.13 bits per heavy atom. The summed E-state index contributed by atoms with van der Waals surface area (Å²) >= 11 is 0. The first kappa shape index (κ1) is 33.2. The summed E-state index contributed by atoms with van der Waals surface area (Å²) in [5.74, 6) is -1.68. The van der Waals surface area contributed by atoms with Gasteiger partial charge >= 0.3 is 11.9 Å². The molecule has 0 aliphatic rings. The Labute approximate surface area is 199 Å². The zero-order valence-corrected chi connectivity index (χ0v) is 22.7. The van der Waals surface area contributed by atoms with E-state index in [2.05, 4.69) is 27.7 Å². The van der Waals surface area contributed by atoms with Gasteiger partial charge in [-0.3, -0.25) is 9.59 Å². The summed E-state index contributed by atoms with van der Waals surface area (Å²) in [6, 6.07) is -1.85.